The summed E-state index contributed by atoms with van der Waals surface area (Å²) >= 11 is 0. The topological polar surface area (TPSA) is 101 Å². The van der Waals surface area contributed by atoms with E-state index in [0.717, 1.165) is 96.4 Å². The van der Waals surface area contributed by atoms with Gasteiger partial charge in [-0.05, 0) is 77.4 Å². The quantitative estimate of drug-likeness (QED) is 0.0336. The third-order valence-corrected chi connectivity index (χ3v) is 13.1. The Balaban J connectivity index is 2.31. The van der Waals surface area contributed by atoms with E-state index in [1.807, 2.05) is 14.1 Å². The Bertz CT molecular complexity index is 1030. The molecule has 1 saturated carbocycles. The minimum absolute atomic E-state index is 0.0335. The lowest BCUT2D eigenvalue weighted by Gasteiger charge is -2.20. The number of carbonyl (C=O) groups excluding carboxylic acids is 3. The first-order valence-electron chi connectivity index (χ1n) is 27.1. The number of ether oxygens (including phenoxy) is 5. The molecule has 9 heteroatoms. The zero-order valence-electron chi connectivity index (χ0n) is 42.4. The molecule has 1 aliphatic carbocycles. The Hall–Kier alpha value is -1.71. The molecule has 1 aliphatic rings. The Morgan fingerprint density at radius 2 is 0.794 bits per heavy atom. The molecule has 0 aromatic heterocycles. The SMILES string of the molecule is CCCCCC(CCCCC)CCOC(=O)CCCCCCCCOC1CC(OC(=O)CCCN(C)C)CC1OCCCCCCCC(=O)OCCC(CCCCC)CCCCC. The van der Waals surface area contributed by atoms with Crippen LogP contribution in [-0.4, -0.2) is 88.2 Å². The van der Waals surface area contributed by atoms with Crippen LogP contribution in [-0.2, 0) is 38.1 Å². The molecule has 0 saturated heterocycles. The molecule has 0 N–H and O–H groups in total. The van der Waals surface area contributed by atoms with Crippen molar-refractivity contribution >= 4 is 17.9 Å². The third-order valence-electron chi connectivity index (χ3n) is 13.1. The molecule has 1 fully saturated rings. The Kier molecular flexibility index (Phi) is 40.4. The van der Waals surface area contributed by atoms with Crippen molar-refractivity contribution in [2.75, 3.05) is 47.1 Å². The van der Waals surface area contributed by atoms with E-state index in [4.69, 9.17) is 23.7 Å². The molecular weight excluding hydrogens is 791 g/mol. The van der Waals surface area contributed by atoms with Gasteiger partial charge in [-0.2, -0.15) is 0 Å². The summed E-state index contributed by atoms with van der Waals surface area (Å²) in [6.45, 7) is 12.4. The Morgan fingerprint density at radius 1 is 0.429 bits per heavy atom. The maximum absolute atomic E-state index is 12.6. The van der Waals surface area contributed by atoms with Crippen LogP contribution in [0.1, 0.15) is 252 Å². The van der Waals surface area contributed by atoms with Gasteiger partial charge >= 0.3 is 17.9 Å². The number of hydrogen-bond donors (Lipinski definition) is 0. The summed E-state index contributed by atoms with van der Waals surface area (Å²) in [6, 6.07) is 0. The van der Waals surface area contributed by atoms with Gasteiger partial charge < -0.3 is 28.6 Å². The van der Waals surface area contributed by atoms with Crippen molar-refractivity contribution in [1.29, 1.82) is 0 Å². The van der Waals surface area contributed by atoms with Crippen LogP contribution >= 0.6 is 0 Å². The fourth-order valence-corrected chi connectivity index (χ4v) is 9.02. The smallest absolute Gasteiger partial charge is 0.306 e. The molecule has 3 unspecified atom stereocenters. The highest BCUT2D eigenvalue weighted by Gasteiger charge is 2.37. The lowest BCUT2D eigenvalue weighted by atomic mass is 9.92. The molecule has 0 aliphatic heterocycles. The average molecular weight is 894 g/mol. The number of hydrogen-bond acceptors (Lipinski definition) is 9. The van der Waals surface area contributed by atoms with Crippen molar-refractivity contribution < 1.29 is 38.1 Å². The highest BCUT2D eigenvalue weighted by Crippen LogP contribution is 2.29. The summed E-state index contributed by atoms with van der Waals surface area (Å²) in [6.07, 6.45) is 37.1. The summed E-state index contributed by atoms with van der Waals surface area (Å²) in [5.74, 6) is 1.18. The van der Waals surface area contributed by atoms with E-state index >= 15 is 0 Å². The van der Waals surface area contributed by atoms with Gasteiger partial charge in [0.1, 0.15) is 6.10 Å². The van der Waals surface area contributed by atoms with Crippen LogP contribution in [0.5, 0.6) is 0 Å². The summed E-state index contributed by atoms with van der Waals surface area (Å²) < 4.78 is 30.0. The van der Waals surface area contributed by atoms with Crippen LogP contribution in [0.3, 0.4) is 0 Å². The number of unbranched alkanes of at least 4 members (excludes halogenated alkanes) is 17. The lowest BCUT2D eigenvalue weighted by Crippen LogP contribution is -2.27. The third kappa shape index (κ3) is 36.1. The average Bonchev–Trinajstić information content (AvgIpc) is 3.63. The summed E-state index contributed by atoms with van der Waals surface area (Å²) in [5.41, 5.74) is 0. The number of carbonyl (C=O) groups is 3. The molecule has 63 heavy (non-hydrogen) atoms. The first-order valence-corrected chi connectivity index (χ1v) is 27.1. The highest BCUT2D eigenvalue weighted by molar-refractivity contribution is 5.70. The molecule has 0 radical (unpaired) electrons. The number of rotatable bonds is 46. The maximum Gasteiger partial charge on any atom is 0.306 e. The van der Waals surface area contributed by atoms with Gasteiger partial charge in [0.2, 0.25) is 0 Å². The Labute approximate surface area is 389 Å². The van der Waals surface area contributed by atoms with Crippen molar-refractivity contribution in [2.45, 2.75) is 271 Å². The summed E-state index contributed by atoms with van der Waals surface area (Å²) in [7, 11) is 4.04. The van der Waals surface area contributed by atoms with Crippen LogP contribution in [0, 0.1) is 11.8 Å². The second kappa shape index (κ2) is 42.9. The predicted molar refractivity (Wildman–Crippen MR) is 261 cm³/mol. The number of nitrogens with zero attached hydrogens (tertiary/aromatic N) is 1. The first-order chi connectivity index (χ1) is 30.7. The van der Waals surface area contributed by atoms with Crippen molar-refractivity contribution in [3.63, 3.8) is 0 Å². The Morgan fingerprint density at radius 3 is 1.17 bits per heavy atom. The van der Waals surface area contributed by atoms with Gasteiger partial charge in [0.15, 0.2) is 0 Å². The van der Waals surface area contributed by atoms with Gasteiger partial charge in [-0.3, -0.25) is 14.4 Å². The minimum Gasteiger partial charge on any atom is -0.466 e. The second-order valence-corrected chi connectivity index (χ2v) is 19.4. The highest BCUT2D eigenvalue weighted by atomic mass is 16.6. The van der Waals surface area contributed by atoms with Gasteiger partial charge in [-0.15, -0.1) is 0 Å². The zero-order valence-corrected chi connectivity index (χ0v) is 42.4. The maximum atomic E-state index is 12.6. The minimum atomic E-state index is -0.163. The van der Waals surface area contributed by atoms with Gasteiger partial charge in [-0.1, -0.05) is 175 Å². The van der Waals surface area contributed by atoms with Crippen molar-refractivity contribution in [1.82, 2.24) is 4.90 Å². The summed E-state index contributed by atoms with van der Waals surface area (Å²) in [5, 5.41) is 0. The molecule has 0 aromatic rings. The van der Waals surface area contributed by atoms with Crippen LogP contribution in [0.25, 0.3) is 0 Å². The van der Waals surface area contributed by atoms with Gasteiger partial charge in [-0.25, -0.2) is 0 Å². The van der Waals surface area contributed by atoms with E-state index in [9.17, 15) is 14.4 Å². The normalized spacial score (nSPS) is 16.4. The largest absolute Gasteiger partial charge is 0.466 e. The van der Waals surface area contributed by atoms with Gasteiger partial charge in [0.05, 0.1) is 25.4 Å². The molecule has 9 nitrogen and oxygen atoms in total. The van der Waals surface area contributed by atoms with Crippen LogP contribution in [0.2, 0.25) is 0 Å². The van der Waals surface area contributed by atoms with Gasteiger partial charge in [0, 0.05) is 45.3 Å². The van der Waals surface area contributed by atoms with Crippen molar-refractivity contribution in [3.05, 3.63) is 0 Å². The van der Waals surface area contributed by atoms with E-state index < -0.39 is 0 Å². The van der Waals surface area contributed by atoms with E-state index in [2.05, 4.69) is 32.6 Å². The fraction of sp³-hybridized carbons (Fsp3) is 0.944. The van der Waals surface area contributed by atoms with Gasteiger partial charge in [0.25, 0.3) is 0 Å². The van der Waals surface area contributed by atoms with Crippen LogP contribution < -0.4 is 0 Å². The van der Waals surface area contributed by atoms with Crippen LogP contribution in [0.4, 0.5) is 0 Å². The fourth-order valence-electron chi connectivity index (χ4n) is 9.02. The molecule has 0 spiro atoms. The molecule has 1 rings (SSSR count). The van der Waals surface area contributed by atoms with E-state index in [1.54, 1.807) is 0 Å². The first kappa shape index (κ1) is 59.3. The molecule has 0 bridgehead atoms. The number of esters is 3. The molecule has 0 heterocycles. The van der Waals surface area contributed by atoms with Crippen molar-refractivity contribution in [3.8, 4) is 0 Å². The lowest BCUT2D eigenvalue weighted by molar-refractivity contribution is -0.149. The monoisotopic (exact) mass is 894 g/mol. The molecular formula is C54H103NO8. The van der Waals surface area contributed by atoms with E-state index in [0.29, 0.717) is 70.4 Å². The molecule has 0 aromatic carbocycles. The predicted octanol–water partition coefficient (Wildman–Crippen LogP) is 14.3. The molecule has 372 valence electrons. The van der Waals surface area contributed by atoms with E-state index in [-0.39, 0.29) is 36.2 Å². The van der Waals surface area contributed by atoms with E-state index in [1.165, 1.54) is 103 Å². The standard InChI is InChI=1S/C54H103NO8/c1-7-11-22-31-47(32-23-12-8-2)38-43-61-52(56)35-26-18-15-16-20-28-41-59-50-45-49(63-54(58)37-30-40-55(5)6)46-51(50)60-42-29-21-17-19-27-36-53(57)62-44-39-48(33-24-13-9-3)34-25-14-10-4/h47-51H,7-46H2,1-6H3. The second-order valence-electron chi connectivity index (χ2n) is 19.4. The molecule has 0 amide bonds. The molecule has 3 atom stereocenters. The van der Waals surface area contributed by atoms with Crippen molar-refractivity contribution in [2.24, 2.45) is 11.8 Å². The zero-order chi connectivity index (χ0) is 46.0. The van der Waals surface area contributed by atoms with Crippen LogP contribution in [0.15, 0.2) is 0 Å². The summed E-state index contributed by atoms with van der Waals surface area (Å²) in [4.78, 5) is 39.5.